The molecule has 0 saturated carbocycles. The summed E-state index contributed by atoms with van der Waals surface area (Å²) in [6.07, 6.45) is 2.96. The van der Waals surface area contributed by atoms with E-state index >= 15 is 0 Å². The quantitative estimate of drug-likeness (QED) is 0.805. The Balaban J connectivity index is 2.25. The van der Waals surface area contributed by atoms with Gasteiger partial charge >= 0.3 is 0 Å². The van der Waals surface area contributed by atoms with Crippen LogP contribution in [0.4, 0.5) is 0 Å². The van der Waals surface area contributed by atoms with E-state index < -0.39 is 0 Å². The van der Waals surface area contributed by atoms with Gasteiger partial charge in [0.15, 0.2) is 0 Å². The molecule has 0 aliphatic carbocycles. The molecular formula is C13H16N2. The molecule has 0 aliphatic rings. The van der Waals surface area contributed by atoms with E-state index in [2.05, 4.69) is 48.3 Å². The third kappa shape index (κ3) is 2.09. The van der Waals surface area contributed by atoms with Crippen LogP contribution in [-0.2, 0) is 0 Å². The van der Waals surface area contributed by atoms with Crippen LogP contribution in [0.1, 0.15) is 31.7 Å². The van der Waals surface area contributed by atoms with Crippen molar-refractivity contribution in [2.75, 3.05) is 0 Å². The Hall–Kier alpha value is -1.57. The summed E-state index contributed by atoms with van der Waals surface area (Å²) in [6.45, 7) is 4.47. The van der Waals surface area contributed by atoms with Crippen molar-refractivity contribution in [2.45, 2.75) is 26.2 Å². The molecule has 0 saturated heterocycles. The molecule has 0 aliphatic heterocycles. The normalized spacial score (nSPS) is 12.7. The topological polar surface area (TPSA) is 28.7 Å². The number of nitrogens with zero attached hydrogens (tertiary/aromatic N) is 1. The van der Waals surface area contributed by atoms with Crippen LogP contribution >= 0.6 is 0 Å². The van der Waals surface area contributed by atoms with E-state index in [1.54, 1.807) is 6.20 Å². The molecule has 1 atom stereocenters. The van der Waals surface area contributed by atoms with Crippen molar-refractivity contribution in [3.8, 4) is 11.3 Å². The minimum Gasteiger partial charge on any atom is -0.278 e. The lowest BCUT2D eigenvalue weighted by Gasteiger charge is -2.08. The number of aromatic nitrogens is 2. The smallest absolute Gasteiger partial charge is 0.0650 e. The Morgan fingerprint density at radius 3 is 2.47 bits per heavy atom. The lowest BCUT2D eigenvalue weighted by atomic mass is 9.97. The van der Waals surface area contributed by atoms with Gasteiger partial charge in [-0.15, -0.1) is 0 Å². The summed E-state index contributed by atoms with van der Waals surface area (Å²) in [6, 6.07) is 10.7. The summed E-state index contributed by atoms with van der Waals surface area (Å²) in [4.78, 5) is 0. The Morgan fingerprint density at radius 1 is 1.20 bits per heavy atom. The predicted molar refractivity (Wildman–Crippen MR) is 62.7 cm³/mol. The van der Waals surface area contributed by atoms with Crippen LogP contribution < -0.4 is 0 Å². The first-order chi connectivity index (χ1) is 7.31. The fourth-order valence-electron chi connectivity index (χ4n) is 1.64. The number of rotatable bonds is 3. The van der Waals surface area contributed by atoms with Crippen molar-refractivity contribution in [1.29, 1.82) is 0 Å². The van der Waals surface area contributed by atoms with E-state index in [9.17, 15) is 0 Å². The molecule has 1 aromatic heterocycles. The van der Waals surface area contributed by atoms with E-state index in [0.29, 0.717) is 5.92 Å². The van der Waals surface area contributed by atoms with Gasteiger partial charge in [-0.05, 0) is 29.5 Å². The van der Waals surface area contributed by atoms with Gasteiger partial charge in [-0.2, -0.15) is 5.10 Å². The van der Waals surface area contributed by atoms with E-state index in [1.807, 2.05) is 6.07 Å². The van der Waals surface area contributed by atoms with E-state index in [4.69, 9.17) is 0 Å². The van der Waals surface area contributed by atoms with Crippen LogP contribution in [0.15, 0.2) is 36.5 Å². The number of benzene rings is 1. The molecule has 0 radical (unpaired) electrons. The van der Waals surface area contributed by atoms with Crippen molar-refractivity contribution in [1.82, 2.24) is 10.2 Å². The number of hydrogen-bond acceptors (Lipinski definition) is 1. The molecule has 0 spiro atoms. The molecule has 1 aromatic carbocycles. The minimum absolute atomic E-state index is 0.640. The maximum absolute atomic E-state index is 3.95. The lowest BCUT2D eigenvalue weighted by molar-refractivity contribution is 0.734. The molecule has 0 bridgehead atoms. The first kappa shape index (κ1) is 9.97. The predicted octanol–water partition coefficient (Wildman–Crippen LogP) is 3.59. The van der Waals surface area contributed by atoms with Gasteiger partial charge in [0.25, 0.3) is 0 Å². The van der Waals surface area contributed by atoms with Crippen LogP contribution in [0.2, 0.25) is 0 Å². The second-order valence-corrected chi connectivity index (χ2v) is 3.90. The molecule has 1 N–H and O–H groups in total. The summed E-state index contributed by atoms with van der Waals surface area (Å²) in [5.41, 5.74) is 3.67. The molecule has 2 nitrogen and oxygen atoms in total. The van der Waals surface area contributed by atoms with Gasteiger partial charge in [-0.1, -0.05) is 38.1 Å². The standard InChI is InChI=1S/C13H16N2/c1-3-10(2)11-4-6-12(7-5-11)13-8-9-14-15-13/h4-10H,3H2,1-2H3,(H,14,15). The van der Waals surface area contributed by atoms with Gasteiger partial charge in [0.05, 0.1) is 5.69 Å². The maximum Gasteiger partial charge on any atom is 0.0650 e. The highest BCUT2D eigenvalue weighted by Crippen LogP contribution is 2.22. The van der Waals surface area contributed by atoms with Crippen molar-refractivity contribution < 1.29 is 0 Å². The van der Waals surface area contributed by atoms with E-state index in [1.165, 1.54) is 17.5 Å². The number of H-pyrrole nitrogens is 1. The molecule has 2 aromatic rings. The summed E-state index contributed by atoms with van der Waals surface area (Å²) in [5, 5.41) is 6.91. The minimum atomic E-state index is 0.640. The average Bonchev–Trinajstić information content (AvgIpc) is 2.82. The molecule has 15 heavy (non-hydrogen) atoms. The zero-order valence-electron chi connectivity index (χ0n) is 9.20. The highest BCUT2D eigenvalue weighted by atomic mass is 15.1. The molecular weight excluding hydrogens is 184 g/mol. The molecule has 1 unspecified atom stereocenters. The summed E-state index contributed by atoms with van der Waals surface area (Å²) >= 11 is 0. The number of hydrogen-bond donors (Lipinski definition) is 1. The van der Waals surface area contributed by atoms with Crippen LogP contribution in [-0.4, -0.2) is 10.2 Å². The van der Waals surface area contributed by atoms with Gasteiger partial charge in [-0.3, -0.25) is 5.10 Å². The average molecular weight is 200 g/mol. The largest absolute Gasteiger partial charge is 0.278 e. The fourth-order valence-corrected chi connectivity index (χ4v) is 1.64. The van der Waals surface area contributed by atoms with Crippen LogP contribution in [0, 0.1) is 0 Å². The summed E-state index contributed by atoms with van der Waals surface area (Å²) in [7, 11) is 0. The number of aromatic amines is 1. The zero-order chi connectivity index (χ0) is 10.7. The zero-order valence-corrected chi connectivity index (χ0v) is 9.20. The van der Waals surface area contributed by atoms with Crippen molar-refractivity contribution in [3.05, 3.63) is 42.1 Å². The third-order valence-corrected chi connectivity index (χ3v) is 2.90. The molecule has 2 rings (SSSR count). The fraction of sp³-hybridized carbons (Fsp3) is 0.308. The van der Waals surface area contributed by atoms with Gasteiger partial charge in [-0.25, -0.2) is 0 Å². The van der Waals surface area contributed by atoms with Gasteiger partial charge in [0, 0.05) is 6.20 Å². The summed E-state index contributed by atoms with van der Waals surface area (Å²) in [5.74, 6) is 0.640. The van der Waals surface area contributed by atoms with E-state index in [0.717, 1.165) is 5.69 Å². The second-order valence-electron chi connectivity index (χ2n) is 3.90. The number of nitrogens with one attached hydrogen (secondary N) is 1. The van der Waals surface area contributed by atoms with Crippen molar-refractivity contribution in [3.63, 3.8) is 0 Å². The van der Waals surface area contributed by atoms with Gasteiger partial charge in [0.2, 0.25) is 0 Å². The van der Waals surface area contributed by atoms with Crippen LogP contribution in [0.25, 0.3) is 11.3 Å². The molecule has 0 fully saturated rings. The van der Waals surface area contributed by atoms with E-state index in [-0.39, 0.29) is 0 Å². The highest BCUT2D eigenvalue weighted by molar-refractivity contribution is 5.58. The SMILES string of the molecule is CCC(C)c1ccc(-c2ccn[nH]2)cc1. The molecule has 2 heteroatoms. The van der Waals surface area contributed by atoms with Crippen LogP contribution in [0.5, 0.6) is 0 Å². The first-order valence-electron chi connectivity index (χ1n) is 5.41. The molecule has 78 valence electrons. The highest BCUT2D eigenvalue weighted by Gasteiger charge is 2.03. The Bertz CT molecular complexity index is 401. The van der Waals surface area contributed by atoms with Gasteiger partial charge in [0.1, 0.15) is 0 Å². The Labute approximate surface area is 90.3 Å². The van der Waals surface area contributed by atoms with Crippen molar-refractivity contribution in [2.24, 2.45) is 0 Å². The van der Waals surface area contributed by atoms with Crippen LogP contribution in [0.3, 0.4) is 0 Å². The third-order valence-electron chi connectivity index (χ3n) is 2.90. The monoisotopic (exact) mass is 200 g/mol. The Morgan fingerprint density at radius 2 is 1.93 bits per heavy atom. The lowest BCUT2D eigenvalue weighted by Crippen LogP contribution is -1.90. The molecule has 1 heterocycles. The maximum atomic E-state index is 3.95. The first-order valence-corrected chi connectivity index (χ1v) is 5.41. The second kappa shape index (κ2) is 4.30. The van der Waals surface area contributed by atoms with Crippen molar-refractivity contribution >= 4 is 0 Å². The molecule has 0 amide bonds. The Kier molecular flexibility index (Phi) is 2.86. The summed E-state index contributed by atoms with van der Waals surface area (Å²) < 4.78 is 0. The van der Waals surface area contributed by atoms with Gasteiger partial charge < -0.3 is 0 Å².